The number of rotatable bonds is 3. The van der Waals surface area contributed by atoms with Gasteiger partial charge < -0.3 is 0 Å². The largest absolute Gasteiger partial charge is 0.262 e. The Morgan fingerprint density at radius 1 is 1.45 bits per heavy atom. The van der Waals surface area contributed by atoms with Crippen molar-refractivity contribution in [2.24, 2.45) is 0 Å². The van der Waals surface area contributed by atoms with E-state index in [1.165, 1.54) is 22.9 Å². The van der Waals surface area contributed by atoms with Crippen molar-refractivity contribution < 1.29 is 4.68 Å². The monoisotopic (exact) mass is 171 g/mol. The van der Waals surface area contributed by atoms with Crippen LogP contribution in [0, 0.1) is 13.8 Å². The van der Waals surface area contributed by atoms with E-state index in [4.69, 9.17) is 0 Å². The van der Waals surface area contributed by atoms with Crippen molar-refractivity contribution in [2.75, 3.05) is 0 Å². The van der Waals surface area contributed by atoms with Crippen LogP contribution in [-0.2, 0) is 6.54 Å². The zero-order chi connectivity index (χ0) is 8.27. The summed E-state index contributed by atoms with van der Waals surface area (Å²) in [5, 5.41) is 6.86. The van der Waals surface area contributed by atoms with Crippen molar-refractivity contribution in [2.45, 2.75) is 40.2 Å². The molecule has 0 fully saturated rings. The lowest BCUT2D eigenvalue weighted by Gasteiger charge is -1.87. The maximum atomic E-state index is 4.38. The molecule has 0 aliphatic heterocycles. The number of hydrogen-bond acceptors (Lipinski definition) is 2. The molecule has 1 aromatic rings. The summed E-state index contributed by atoms with van der Waals surface area (Å²) in [6.45, 7) is 7.46. The summed E-state index contributed by atoms with van der Waals surface area (Å²) in [5.74, 6) is 0. The molecule has 0 bridgehead atoms. The van der Waals surface area contributed by atoms with Gasteiger partial charge in [0.25, 0.3) is 5.01 Å². The lowest BCUT2D eigenvalue weighted by atomic mass is 10.3. The molecule has 2 nitrogen and oxygen atoms in total. The SMILES string of the molecule is CCCC[n+]1nc(C)sc1C. The number of aryl methyl sites for hydroxylation is 3. The van der Waals surface area contributed by atoms with Gasteiger partial charge in [-0.15, -0.1) is 0 Å². The molecule has 0 saturated carbocycles. The molecule has 0 unspecified atom stereocenters. The normalized spacial score (nSPS) is 10.5. The van der Waals surface area contributed by atoms with E-state index in [1.807, 2.05) is 0 Å². The van der Waals surface area contributed by atoms with Gasteiger partial charge in [-0.05, 0) is 6.92 Å². The smallest absolute Gasteiger partial charge is 0.0776 e. The molecule has 3 heteroatoms. The second kappa shape index (κ2) is 3.81. The number of nitrogens with zero attached hydrogens (tertiary/aromatic N) is 2. The molecule has 0 aromatic carbocycles. The standard InChI is InChI=1S/C8H15N2S/c1-4-5-6-10-8(3)11-7(2)9-10/h4-6H2,1-3H3/q+1. The van der Waals surface area contributed by atoms with Crippen LogP contribution in [0.4, 0.5) is 0 Å². The molecule has 0 atom stereocenters. The third-order valence-corrected chi connectivity index (χ3v) is 2.53. The van der Waals surface area contributed by atoms with Crippen LogP contribution in [0.15, 0.2) is 0 Å². The summed E-state index contributed by atoms with van der Waals surface area (Å²) < 4.78 is 2.10. The van der Waals surface area contributed by atoms with Gasteiger partial charge in [-0.25, -0.2) is 0 Å². The summed E-state index contributed by atoms with van der Waals surface area (Å²) in [5.41, 5.74) is 0. The van der Waals surface area contributed by atoms with Crippen LogP contribution in [0.1, 0.15) is 29.8 Å². The number of aromatic nitrogens is 2. The molecule has 1 heterocycles. The zero-order valence-electron chi connectivity index (χ0n) is 7.42. The lowest BCUT2D eigenvalue weighted by molar-refractivity contribution is -0.754. The fraction of sp³-hybridized carbons (Fsp3) is 0.750. The third kappa shape index (κ3) is 2.26. The van der Waals surface area contributed by atoms with Crippen LogP contribution >= 0.6 is 11.3 Å². The minimum absolute atomic E-state index is 1.08. The Balaban J connectivity index is 2.62. The molecular formula is C8H15N2S+. The highest BCUT2D eigenvalue weighted by Crippen LogP contribution is 2.04. The zero-order valence-corrected chi connectivity index (χ0v) is 8.24. The van der Waals surface area contributed by atoms with Gasteiger partial charge >= 0.3 is 0 Å². The molecule has 0 amide bonds. The van der Waals surface area contributed by atoms with E-state index in [9.17, 15) is 0 Å². The van der Waals surface area contributed by atoms with Crippen LogP contribution in [0.3, 0.4) is 0 Å². The topological polar surface area (TPSA) is 16.8 Å². The third-order valence-electron chi connectivity index (χ3n) is 1.64. The molecule has 62 valence electrons. The summed E-state index contributed by atoms with van der Waals surface area (Å²) in [6.07, 6.45) is 2.47. The maximum Gasteiger partial charge on any atom is 0.262 e. The van der Waals surface area contributed by atoms with Gasteiger partial charge in [0.2, 0.25) is 0 Å². The van der Waals surface area contributed by atoms with Crippen molar-refractivity contribution in [3.05, 3.63) is 10.0 Å². The summed E-state index contributed by atoms with van der Waals surface area (Å²) in [4.78, 5) is 0. The van der Waals surface area contributed by atoms with E-state index in [2.05, 4.69) is 30.6 Å². The van der Waals surface area contributed by atoms with Gasteiger partial charge in [0.05, 0.1) is 0 Å². The van der Waals surface area contributed by atoms with Gasteiger partial charge in [0.15, 0.2) is 11.6 Å². The Kier molecular flexibility index (Phi) is 3.00. The fourth-order valence-corrected chi connectivity index (χ4v) is 1.85. The van der Waals surface area contributed by atoms with Gasteiger partial charge in [-0.3, -0.25) is 0 Å². The quantitative estimate of drug-likeness (QED) is 0.634. The van der Waals surface area contributed by atoms with Gasteiger partial charge in [-0.1, -0.05) is 29.4 Å². The van der Waals surface area contributed by atoms with Crippen LogP contribution in [0.5, 0.6) is 0 Å². The van der Waals surface area contributed by atoms with E-state index in [1.54, 1.807) is 11.3 Å². The van der Waals surface area contributed by atoms with Crippen LogP contribution in [-0.4, -0.2) is 5.10 Å². The summed E-state index contributed by atoms with van der Waals surface area (Å²) in [6, 6.07) is 0. The summed E-state index contributed by atoms with van der Waals surface area (Å²) in [7, 11) is 0. The predicted molar refractivity (Wildman–Crippen MR) is 46.7 cm³/mol. The average Bonchev–Trinajstić information content (AvgIpc) is 2.26. The first-order valence-corrected chi connectivity index (χ1v) is 4.90. The van der Waals surface area contributed by atoms with Gasteiger partial charge in [-0.2, -0.15) is 0 Å². The molecule has 0 aliphatic carbocycles. The molecular weight excluding hydrogens is 156 g/mol. The number of hydrogen-bond donors (Lipinski definition) is 0. The highest BCUT2D eigenvalue weighted by Gasteiger charge is 2.11. The second-order valence-corrected chi connectivity index (χ2v) is 4.10. The Labute approximate surface area is 71.9 Å². The molecule has 0 aliphatic rings. The predicted octanol–water partition coefficient (Wildman–Crippen LogP) is 1.85. The molecule has 0 spiro atoms. The Bertz CT molecular complexity index is 230. The average molecular weight is 171 g/mol. The highest BCUT2D eigenvalue weighted by molar-refractivity contribution is 7.10. The Morgan fingerprint density at radius 3 is 2.64 bits per heavy atom. The first-order chi connectivity index (χ1) is 5.24. The molecule has 1 aromatic heterocycles. The fourth-order valence-electron chi connectivity index (χ4n) is 1.04. The van der Waals surface area contributed by atoms with E-state index >= 15 is 0 Å². The Morgan fingerprint density at radius 2 is 2.18 bits per heavy atom. The van der Waals surface area contributed by atoms with E-state index in [-0.39, 0.29) is 0 Å². The maximum absolute atomic E-state index is 4.38. The first kappa shape index (κ1) is 8.65. The van der Waals surface area contributed by atoms with Gasteiger partial charge in [0.1, 0.15) is 0 Å². The van der Waals surface area contributed by atoms with Crippen LogP contribution in [0.25, 0.3) is 0 Å². The van der Waals surface area contributed by atoms with Crippen molar-refractivity contribution in [3.8, 4) is 0 Å². The molecule has 11 heavy (non-hydrogen) atoms. The van der Waals surface area contributed by atoms with Crippen molar-refractivity contribution in [1.29, 1.82) is 0 Å². The van der Waals surface area contributed by atoms with Crippen LogP contribution in [0.2, 0.25) is 0 Å². The van der Waals surface area contributed by atoms with Crippen molar-refractivity contribution in [3.63, 3.8) is 0 Å². The minimum atomic E-state index is 1.08. The van der Waals surface area contributed by atoms with E-state index in [0.29, 0.717) is 0 Å². The summed E-state index contributed by atoms with van der Waals surface area (Å²) >= 11 is 1.77. The van der Waals surface area contributed by atoms with Crippen molar-refractivity contribution in [1.82, 2.24) is 5.10 Å². The lowest BCUT2D eigenvalue weighted by Crippen LogP contribution is -2.38. The van der Waals surface area contributed by atoms with Crippen molar-refractivity contribution >= 4 is 11.3 Å². The number of unbranched alkanes of at least 4 members (excludes halogenated alkanes) is 1. The molecule has 0 N–H and O–H groups in total. The highest BCUT2D eigenvalue weighted by atomic mass is 32.1. The van der Waals surface area contributed by atoms with E-state index in [0.717, 1.165) is 6.54 Å². The van der Waals surface area contributed by atoms with Crippen LogP contribution < -0.4 is 4.68 Å². The molecule has 1 rings (SSSR count). The van der Waals surface area contributed by atoms with E-state index < -0.39 is 0 Å². The second-order valence-electron chi connectivity index (χ2n) is 2.72. The molecule has 0 radical (unpaired) electrons. The minimum Gasteiger partial charge on any atom is -0.0776 e. The first-order valence-electron chi connectivity index (χ1n) is 4.08. The molecule has 0 saturated heterocycles. The van der Waals surface area contributed by atoms with Gasteiger partial charge in [0, 0.05) is 18.4 Å². The Hall–Kier alpha value is -0.440.